The lowest BCUT2D eigenvalue weighted by Gasteiger charge is -2.32. The molecule has 2 aliphatic rings. The van der Waals surface area contributed by atoms with Crippen LogP contribution in [-0.4, -0.2) is 85.5 Å². The number of amides is 1. The number of aromatic nitrogens is 3. The number of H-pyrrole nitrogens is 1. The van der Waals surface area contributed by atoms with Crippen molar-refractivity contribution in [3.63, 3.8) is 0 Å². The van der Waals surface area contributed by atoms with Gasteiger partial charge in [-0.05, 0) is 37.5 Å². The Balaban J connectivity index is 1.32. The van der Waals surface area contributed by atoms with Crippen molar-refractivity contribution in [2.75, 3.05) is 74.6 Å². The molecular formula is C25H33N7O2S. The molecule has 0 saturated carbocycles. The van der Waals surface area contributed by atoms with Crippen LogP contribution in [0.5, 0.6) is 0 Å². The van der Waals surface area contributed by atoms with Crippen molar-refractivity contribution in [3.8, 4) is 10.6 Å². The number of nitrogens with zero attached hydrogens (tertiary/aromatic N) is 5. The van der Waals surface area contributed by atoms with Gasteiger partial charge in [-0.25, -0.2) is 4.98 Å². The van der Waals surface area contributed by atoms with Crippen LogP contribution in [0.2, 0.25) is 0 Å². The van der Waals surface area contributed by atoms with Crippen molar-refractivity contribution >= 4 is 34.3 Å². The molecule has 186 valence electrons. The molecular weight excluding hydrogens is 462 g/mol. The molecule has 0 atom stereocenters. The van der Waals surface area contributed by atoms with Gasteiger partial charge in [0.15, 0.2) is 0 Å². The fraction of sp³-hybridized carbons (Fsp3) is 0.480. The number of piperidine rings is 1. The average Bonchev–Trinajstić information content (AvgIpc) is 3.61. The summed E-state index contributed by atoms with van der Waals surface area (Å²) >= 11 is 1.44. The van der Waals surface area contributed by atoms with Gasteiger partial charge >= 0.3 is 0 Å². The first-order chi connectivity index (χ1) is 17.2. The number of hydrogen-bond donors (Lipinski definition) is 2. The molecule has 1 amide bonds. The number of nitrogens with one attached hydrogen (secondary N) is 2. The molecule has 35 heavy (non-hydrogen) atoms. The summed E-state index contributed by atoms with van der Waals surface area (Å²) in [6, 6.07) is 6.35. The van der Waals surface area contributed by atoms with Gasteiger partial charge < -0.3 is 19.9 Å². The fourth-order valence-electron chi connectivity index (χ4n) is 4.57. The van der Waals surface area contributed by atoms with Crippen LogP contribution in [0.4, 0.5) is 17.1 Å². The van der Waals surface area contributed by atoms with Crippen LogP contribution in [0.25, 0.3) is 10.6 Å². The second-order valence-corrected chi connectivity index (χ2v) is 9.96. The van der Waals surface area contributed by atoms with Crippen molar-refractivity contribution in [2.24, 2.45) is 0 Å². The van der Waals surface area contributed by atoms with Gasteiger partial charge in [-0.1, -0.05) is 0 Å². The van der Waals surface area contributed by atoms with Gasteiger partial charge in [0, 0.05) is 69.1 Å². The normalized spacial score (nSPS) is 16.9. The van der Waals surface area contributed by atoms with Crippen LogP contribution in [0.1, 0.15) is 29.8 Å². The van der Waals surface area contributed by atoms with Gasteiger partial charge in [-0.2, -0.15) is 5.10 Å². The smallest absolute Gasteiger partial charge is 0.275 e. The zero-order valence-electron chi connectivity index (χ0n) is 20.2. The molecule has 0 radical (unpaired) electrons. The maximum atomic E-state index is 13.1. The number of thiazole rings is 1. The Morgan fingerprint density at radius 3 is 2.80 bits per heavy atom. The van der Waals surface area contributed by atoms with E-state index >= 15 is 0 Å². The molecule has 10 heteroatoms. The topological polar surface area (TPSA) is 89.6 Å². The third-order valence-corrected chi connectivity index (χ3v) is 7.60. The Labute approximate surface area is 210 Å². The highest BCUT2D eigenvalue weighted by molar-refractivity contribution is 7.13. The van der Waals surface area contributed by atoms with Crippen LogP contribution in [0.15, 0.2) is 36.0 Å². The highest BCUT2D eigenvalue weighted by Crippen LogP contribution is 2.33. The van der Waals surface area contributed by atoms with Crippen LogP contribution in [0.3, 0.4) is 0 Å². The minimum Gasteiger partial charge on any atom is -0.379 e. The van der Waals surface area contributed by atoms with Gasteiger partial charge in [0.2, 0.25) is 0 Å². The van der Waals surface area contributed by atoms with Gasteiger partial charge in [0.05, 0.1) is 30.8 Å². The van der Waals surface area contributed by atoms with E-state index in [9.17, 15) is 4.79 Å². The number of anilines is 3. The summed E-state index contributed by atoms with van der Waals surface area (Å²) in [7, 11) is 2.14. The molecule has 2 aromatic heterocycles. The van der Waals surface area contributed by atoms with Crippen molar-refractivity contribution in [3.05, 3.63) is 41.7 Å². The molecule has 5 rings (SSSR count). The Morgan fingerprint density at radius 1 is 1.20 bits per heavy atom. The molecule has 3 aromatic rings. The summed E-state index contributed by atoms with van der Waals surface area (Å²) in [5, 5.41) is 12.5. The zero-order valence-corrected chi connectivity index (χ0v) is 21.0. The van der Waals surface area contributed by atoms with Gasteiger partial charge in [-0.15, -0.1) is 11.3 Å². The van der Waals surface area contributed by atoms with Gasteiger partial charge in [0.25, 0.3) is 5.91 Å². The lowest BCUT2D eigenvalue weighted by molar-refractivity contribution is 0.0393. The SMILES string of the molecule is CN(CCN1CCOCC1)c1ccc(NC(=O)c2csc(-c3cn[nH]c3)n2)c(N2CCCCC2)c1. The van der Waals surface area contributed by atoms with Crippen molar-refractivity contribution in [1.29, 1.82) is 0 Å². The summed E-state index contributed by atoms with van der Waals surface area (Å²) in [5.74, 6) is -0.192. The number of ether oxygens (including phenoxy) is 1. The van der Waals surface area contributed by atoms with E-state index in [1.165, 1.54) is 30.6 Å². The first kappa shape index (κ1) is 23.8. The lowest BCUT2D eigenvalue weighted by atomic mass is 10.1. The quantitative estimate of drug-likeness (QED) is 0.494. The molecule has 2 aliphatic heterocycles. The Hall–Kier alpha value is -2.95. The Morgan fingerprint density at radius 2 is 2.03 bits per heavy atom. The summed E-state index contributed by atoms with van der Waals surface area (Å²) in [4.78, 5) is 24.8. The summed E-state index contributed by atoms with van der Waals surface area (Å²) in [6.07, 6.45) is 7.09. The second-order valence-electron chi connectivity index (χ2n) is 9.10. The summed E-state index contributed by atoms with van der Waals surface area (Å²) in [6.45, 7) is 7.60. The van der Waals surface area contributed by atoms with Crippen molar-refractivity contribution < 1.29 is 9.53 Å². The van der Waals surface area contributed by atoms with Crippen LogP contribution >= 0.6 is 11.3 Å². The molecule has 9 nitrogen and oxygen atoms in total. The Kier molecular flexibility index (Phi) is 7.60. The first-order valence-electron chi connectivity index (χ1n) is 12.3. The minimum absolute atomic E-state index is 0.192. The maximum Gasteiger partial charge on any atom is 0.275 e. The van der Waals surface area contributed by atoms with Crippen LogP contribution < -0.4 is 15.1 Å². The summed E-state index contributed by atoms with van der Waals surface area (Å²) in [5.41, 5.74) is 4.38. The second kappa shape index (κ2) is 11.2. The number of morpholine rings is 1. The first-order valence-corrected chi connectivity index (χ1v) is 13.2. The van der Waals surface area contributed by atoms with E-state index in [4.69, 9.17) is 4.74 Å². The zero-order chi connectivity index (χ0) is 24.0. The molecule has 0 aliphatic carbocycles. The number of likely N-dealkylation sites (N-methyl/N-ethyl adjacent to an activating group) is 1. The van der Waals surface area contributed by atoms with Crippen LogP contribution in [-0.2, 0) is 4.74 Å². The highest BCUT2D eigenvalue weighted by Gasteiger charge is 2.20. The van der Waals surface area contributed by atoms with Crippen LogP contribution in [0, 0.1) is 0 Å². The monoisotopic (exact) mass is 495 g/mol. The molecule has 0 bridgehead atoms. The Bertz CT molecular complexity index is 1100. The third kappa shape index (κ3) is 5.83. The van der Waals surface area contributed by atoms with E-state index in [-0.39, 0.29) is 5.91 Å². The molecule has 0 unspecified atom stereocenters. The molecule has 2 saturated heterocycles. The number of aromatic amines is 1. The summed E-state index contributed by atoms with van der Waals surface area (Å²) < 4.78 is 5.47. The number of benzene rings is 1. The number of carbonyl (C=O) groups is 1. The number of carbonyl (C=O) groups excluding carboxylic acids is 1. The molecule has 2 N–H and O–H groups in total. The lowest BCUT2D eigenvalue weighted by Crippen LogP contribution is -2.40. The third-order valence-electron chi connectivity index (χ3n) is 6.70. The number of hydrogen-bond acceptors (Lipinski definition) is 8. The van der Waals surface area contributed by atoms with Crippen molar-refractivity contribution in [1.82, 2.24) is 20.1 Å². The van der Waals surface area contributed by atoms with Crippen molar-refractivity contribution in [2.45, 2.75) is 19.3 Å². The molecule has 1 aromatic carbocycles. The van der Waals surface area contributed by atoms with Gasteiger partial charge in [-0.3, -0.25) is 14.8 Å². The average molecular weight is 496 g/mol. The molecule has 0 spiro atoms. The fourth-order valence-corrected chi connectivity index (χ4v) is 5.35. The minimum atomic E-state index is -0.192. The van der Waals surface area contributed by atoms with Gasteiger partial charge in [0.1, 0.15) is 10.7 Å². The largest absolute Gasteiger partial charge is 0.379 e. The van der Waals surface area contributed by atoms with E-state index in [0.29, 0.717) is 5.69 Å². The molecule has 2 fully saturated rings. The molecule has 4 heterocycles. The van der Waals surface area contributed by atoms with E-state index in [1.54, 1.807) is 17.8 Å². The highest BCUT2D eigenvalue weighted by atomic mass is 32.1. The van der Waals surface area contributed by atoms with E-state index in [0.717, 1.165) is 80.1 Å². The number of rotatable bonds is 8. The van der Waals surface area contributed by atoms with E-state index in [1.807, 2.05) is 6.07 Å². The van der Waals surface area contributed by atoms with E-state index in [2.05, 4.69) is 54.4 Å². The standard InChI is InChI=1S/C25H33N7O2S/c1-30(9-10-31-11-13-34-14-12-31)20-5-6-21(23(15-20)32-7-3-2-4-8-32)28-24(33)22-18-35-25(29-22)19-16-26-27-17-19/h5-6,15-18H,2-4,7-14H2,1H3,(H,26,27)(H,28,33). The predicted molar refractivity (Wildman–Crippen MR) is 141 cm³/mol. The predicted octanol–water partition coefficient (Wildman–Crippen LogP) is 3.54. The van der Waals surface area contributed by atoms with E-state index < -0.39 is 0 Å². The maximum absolute atomic E-state index is 13.1.